The number of hydrogen-bond donors (Lipinski definition) is 0. The van der Waals surface area contributed by atoms with Gasteiger partial charge in [0.2, 0.25) is 0 Å². The molecule has 0 bridgehead atoms. The van der Waals surface area contributed by atoms with E-state index in [1.807, 2.05) is 21.1 Å². The largest absolute Gasteiger partial charge is 0.756 e. The number of nitrogens with zero attached hydrogens (tertiary/aromatic N) is 1. The Labute approximate surface area is 334 Å². The normalized spacial score (nSPS) is 13.0. The van der Waals surface area contributed by atoms with Gasteiger partial charge in [-0.25, -0.2) is 0 Å². The van der Waals surface area contributed by atoms with Crippen LogP contribution in [0.1, 0.15) is 219 Å². The van der Waals surface area contributed by atoms with Crippen molar-refractivity contribution in [2.75, 3.05) is 47.5 Å². The van der Waals surface area contributed by atoms with Crippen molar-refractivity contribution < 1.29 is 42.1 Å². The molecule has 0 aromatic heterocycles. The van der Waals surface area contributed by atoms with Crippen LogP contribution in [0.15, 0.2) is 0 Å². The molecule has 322 valence electrons. The van der Waals surface area contributed by atoms with E-state index in [4.69, 9.17) is 18.5 Å². The van der Waals surface area contributed by atoms with Crippen LogP contribution in [-0.4, -0.2) is 70.0 Å². The molecule has 0 saturated heterocycles. The molecule has 10 heteroatoms. The molecule has 0 aromatic carbocycles. The van der Waals surface area contributed by atoms with Gasteiger partial charge in [-0.2, -0.15) is 0 Å². The van der Waals surface area contributed by atoms with Crippen molar-refractivity contribution in [1.82, 2.24) is 0 Å². The predicted octanol–water partition coefficient (Wildman–Crippen LogP) is 12.2. The van der Waals surface area contributed by atoms with Gasteiger partial charge in [-0.15, -0.1) is 0 Å². The number of carbonyl (C=O) groups is 2. The van der Waals surface area contributed by atoms with Gasteiger partial charge in [-0.3, -0.25) is 14.2 Å². The molecule has 0 heterocycles. The number of esters is 2. The van der Waals surface area contributed by atoms with Crippen molar-refractivity contribution in [2.24, 2.45) is 0 Å². The fraction of sp³-hybridized carbons (Fsp3) is 0.955. The first-order chi connectivity index (χ1) is 26.0. The Morgan fingerprint density at radius 1 is 0.500 bits per heavy atom. The summed E-state index contributed by atoms with van der Waals surface area (Å²) in [6, 6.07) is 0. The summed E-state index contributed by atoms with van der Waals surface area (Å²) in [6.07, 6.45) is 36.8. The van der Waals surface area contributed by atoms with Crippen LogP contribution in [0.3, 0.4) is 0 Å². The summed E-state index contributed by atoms with van der Waals surface area (Å²) in [7, 11) is 1.08. The molecule has 0 aliphatic heterocycles. The zero-order chi connectivity index (χ0) is 40.0. The third-order valence-corrected chi connectivity index (χ3v) is 11.2. The molecular formula is C44H88NO8P. The predicted molar refractivity (Wildman–Crippen MR) is 222 cm³/mol. The lowest BCUT2D eigenvalue weighted by molar-refractivity contribution is -0.870. The summed E-state index contributed by atoms with van der Waals surface area (Å²) in [5, 5.41) is 0. The molecule has 1 unspecified atom stereocenters. The highest BCUT2D eigenvalue weighted by Crippen LogP contribution is 2.40. The second-order valence-corrected chi connectivity index (χ2v) is 18.2. The number of hydrogen-bond acceptors (Lipinski definition) is 8. The molecule has 0 rings (SSSR count). The topological polar surface area (TPSA) is 111 Å². The molecular weight excluding hydrogens is 701 g/mol. The summed E-state index contributed by atoms with van der Waals surface area (Å²) >= 11 is 0. The van der Waals surface area contributed by atoms with Gasteiger partial charge in [0.15, 0.2) is 0 Å². The maximum atomic E-state index is 12.6. The quantitative estimate of drug-likeness (QED) is 0.0260. The number of quaternary nitrogens is 1. The van der Waals surface area contributed by atoms with E-state index in [2.05, 4.69) is 13.8 Å². The zero-order valence-corrected chi connectivity index (χ0v) is 37.1. The number of rotatable bonds is 42. The number of unbranched alkanes of at least 4 members (excludes halogenated alkanes) is 28. The molecule has 0 aliphatic carbocycles. The summed E-state index contributed by atoms with van der Waals surface area (Å²) in [6.45, 7) is 4.28. The van der Waals surface area contributed by atoms with Gasteiger partial charge < -0.3 is 27.9 Å². The first-order valence-electron chi connectivity index (χ1n) is 22.7. The van der Waals surface area contributed by atoms with Crippen LogP contribution in [-0.2, 0) is 32.7 Å². The molecule has 0 aromatic rings. The van der Waals surface area contributed by atoms with Gasteiger partial charge in [0, 0.05) is 12.8 Å². The van der Waals surface area contributed by atoms with E-state index in [0.717, 1.165) is 38.5 Å². The molecule has 54 heavy (non-hydrogen) atoms. The van der Waals surface area contributed by atoms with Gasteiger partial charge >= 0.3 is 11.9 Å². The maximum Gasteiger partial charge on any atom is 0.305 e. The number of phosphoric ester groups is 1. The Morgan fingerprint density at radius 3 is 1.06 bits per heavy atom. The summed E-state index contributed by atoms with van der Waals surface area (Å²) < 4.78 is 34.1. The Morgan fingerprint density at radius 2 is 0.778 bits per heavy atom. The van der Waals surface area contributed by atoms with Crippen molar-refractivity contribution in [3.8, 4) is 0 Å². The minimum atomic E-state index is -4.70. The van der Waals surface area contributed by atoms with Crippen molar-refractivity contribution in [3.63, 3.8) is 0 Å². The summed E-state index contributed by atoms with van der Waals surface area (Å²) in [4.78, 5) is 37.5. The molecule has 0 spiro atoms. The summed E-state index contributed by atoms with van der Waals surface area (Å²) in [5.74, 6) is -0.816. The highest BCUT2D eigenvalue weighted by atomic mass is 31.2. The average molecular weight is 790 g/mol. The first-order valence-corrected chi connectivity index (χ1v) is 24.2. The third-order valence-electron chi connectivity index (χ3n) is 10.1. The molecule has 0 amide bonds. The lowest BCUT2D eigenvalue weighted by atomic mass is 10.0. The molecule has 0 aliphatic rings. The van der Waals surface area contributed by atoms with Crippen LogP contribution in [0.2, 0.25) is 0 Å². The second-order valence-electron chi connectivity index (χ2n) is 16.8. The van der Waals surface area contributed by atoms with Gasteiger partial charge in [-0.05, 0) is 12.8 Å². The minimum Gasteiger partial charge on any atom is -0.756 e. The molecule has 0 fully saturated rings. The molecule has 0 N–H and O–H groups in total. The van der Waals surface area contributed by atoms with E-state index in [1.165, 1.54) is 154 Å². The Balaban J connectivity index is 4.25. The van der Waals surface area contributed by atoms with Crippen LogP contribution < -0.4 is 4.89 Å². The van der Waals surface area contributed by atoms with Gasteiger partial charge in [0.1, 0.15) is 32.5 Å². The van der Waals surface area contributed by atoms with Gasteiger partial charge in [0.05, 0.1) is 21.1 Å². The second kappa shape index (κ2) is 37.6. The standard InChI is InChI=1S/C44H88NO8P/c1-6-8-10-12-14-16-18-20-22-24-26-28-30-32-34-36-43(46)50-40-42(53-54(48,49)52-39-38-45(3,4)5)41-51-44(47)37-35-33-31-29-27-25-23-21-19-17-15-13-11-9-7-2/h42H,6-41H2,1-5H3. The smallest absolute Gasteiger partial charge is 0.305 e. The van der Waals surface area contributed by atoms with E-state index in [0.29, 0.717) is 11.0 Å². The highest BCUT2D eigenvalue weighted by molar-refractivity contribution is 7.45. The highest BCUT2D eigenvalue weighted by Gasteiger charge is 2.23. The number of carbonyl (C=O) groups excluding carboxylic acids is 2. The molecule has 0 radical (unpaired) electrons. The molecule has 9 nitrogen and oxygen atoms in total. The SMILES string of the molecule is CCCCCCCCCCCCCCCCCC(=O)OCC(COC(=O)CCCCCCCCCCCCCCCCC)OP(=O)([O-])OCC[N+](C)(C)C. The van der Waals surface area contributed by atoms with Crippen LogP contribution in [0, 0.1) is 0 Å². The number of phosphoric acid groups is 1. The minimum absolute atomic E-state index is 0.0467. The van der Waals surface area contributed by atoms with Crippen LogP contribution in [0.5, 0.6) is 0 Å². The van der Waals surface area contributed by atoms with E-state index in [-0.39, 0.29) is 32.7 Å². The van der Waals surface area contributed by atoms with E-state index in [9.17, 15) is 19.0 Å². The third kappa shape index (κ3) is 40.7. The van der Waals surface area contributed by atoms with Crippen LogP contribution in [0.25, 0.3) is 0 Å². The first kappa shape index (κ1) is 53.0. The molecule has 0 saturated carbocycles. The Hall–Kier alpha value is -0.990. The Bertz CT molecular complexity index is 846. The van der Waals surface area contributed by atoms with E-state index < -0.39 is 25.9 Å². The van der Waals surface area contributed by atoms with Crippen molar-refractivity contribution in [2.45, 2.75) is 225 Å². The average Bonchev–Trinajstić information content (AvgIpc) is 3.12. The van der Waals surface area contributed by atoms with Gasteiger partial charge in [0.25, 0.3) is 7.82 Å². The lowest BCUT2D eigenvalue weighted by Gasteiger charge is -2.29. The van der Waals surface area contributed by atoms with E-state index >= 15 is 0 Å². The van der Waals surface area contributed by atoms with Crippen molar-refractivity contribution in [1.29, 1.82) is 0 Å². The molecule has 1 atom stereocenters. The monoisotopic (exact) mass is 790 g/mol. The fourth-order valence-electron chi connectivity index (χ4n) is 6.55. The fourth-order valence-corrected chi connectivity index (χ4v) is 7.40. The van der Waals surface area contributed by atoms with Crippen molar-refractivity contribution in [3.05, 3.63) is 0 Å². The maximum absolute atomic E-state index is 12.6. The van der Waals surface area contributed by atoms with Crippen LogP contribution in [0.4, 0.5) is 0 Å². The van der Waals surface area contributed by atoms with E-state index in [1.54, 1.807) is 0 Å². The zero-order valence-electron chi connectivity index (χ0n) is 36.2. The number of ether oxygens (including phenoxy) is 2. The number of likely N-dealkylation sites (N-methyl/N-ethyl adjacent to an activating group) is 1. The lowest BCUT2D eigenvalue weighted by Crippen LogP contribution is -2.38. The summed E-state index contributed by atoms with van der Waals surface area (Å²) in [5.41, 5.74) is 0. The van der Waals surface area contributed by atoms with Crippen molar-refractivity contribution >= 4 is 19.8 Å². The van der Waals surface area contributed by atoms with Gasteiger partial charge in [-0.1, -0.05) is 194 Å². The van der Waals surface area contributed by atoms with Crippen LogP contribution >= 0.6 is 7.82 Å². The Kier molecular flexibility index (Phi) is 36.9.